The van der Waals surface area contributed by atoms with Gasteiger partial charge in [0.05, 0.1) is 0 Å². The Labute approximate surface area is 90.6 Å². The van der Waals surface area contributed by atoms with Gasteiger partial charge in [-0.1, -0.05) is 18.2 Å². The molecule has 0 fully saturated rings. The molecule has 80 valence electrons. The fourth-order valence-corrected chi connectivity index (χ4v) is 1.15. The Hall–Kier alpha value is -1.57. The van der Waals surface area contributed by atoms with Gasteiger partial charge in [0.15, 0.2) is 0 Å². The highest BCUT2D eigenvalue weighted by Gasteiger charge is 2.10. The molecule has 1 aromatic rings. The maximum atomic E-state index is 10.1. The first-order chi connectivity index (χ1) is 7.01. The number of carbonyl (C=O) groups is 1. The van der Waals surface area contributed by atoms with E-state index in [0.29, 0.717) is 0 Å². The molecule has 0 aliphatic rings. The monoisotopic (exact) mass is 204 g/mol. The van der Waals surface area contributed by atoms with E-state index in [1.807, 2.05) is 45.0 Å². The lowest BCUT2D eigenvalue weighted by molar-refractivity contribution is -0.104. The van der Waals surface area contributed by atoms with E-state index in [9.17, 15) is 4.79 Å². The molecule has 0 saturated heterocycles. The van der Waals surface area contributed by atoms with Crippen molar-refractivity contribution in [2.45, 2.75) is 26.4 Å². The molecule has 2 heteroatoms. The lowest BCUT2D eigenvalue weighted by atomic mass is 10.1. The minimum absolute atomic E-state index is 0.180. The van der Waals surface area contributed by atoms with Crippen LogP contribution in [0.25, 0.3) is 6.08 Å². The van der Waals surface area contributed by atoms with Crippen LogP contribution < -0.4 is 4.74 Å². The summed E-state index contributed by atoms with van der Waals surface area (Å²) in [5, 5.41) is 0. The summed E-state index contributed by atoms with van der Waals surface area (Å²) in [6, 6.07) is 7.63. The van der Waals surface area contributed by atoms with E-state index in [1.54, 1.807) is 6.08 Å². The first-order valence-corrected chi connectivity index (χ1v) is 4.92. The average Bonchev–Trinajstić information content (AvgIpc) is 2.14. The summed E-state index contributed by atoms with van der Waals surface area (Å²) in [6.45, 7) is 6.02. The molecule has 0 atom stereocenters. The number of ether oxygens (including phenoxy) is 1. The highest BCUT2D eigenvalue weighted by atomic mass is 16.5. The number of rotatable bonds is 3. The predicted octanol–water partition coefficient (Wildman–Crippen LogP) is 3.08. The smallest absolute Gasteiger partial charge is 0.142 e. The molecular formula is C13H16O2. The first-order valence-electron chi connectivity index (χ1n) is 4.92. The van der Waals surface area contributed by atoms with Gasteiger partial charge in [0.2, 0.25) is 0 Å². The third-order valence-electron chi connectivity index (χ3n) is 1.67. The Kier molecular flexibility index (Phi) is 3.67. The highest BCUT2D eigenvalue weighted by molar-refractivity contribution is 5.73. The van der Waals surface area contributed by atoms with Crippen molar-refractivity contribution in [3.8, 4) is 5.75 Å². The van der Waals surface area contributed by atoms with Crippen LogP contribution in [0, 0.1) is 0 Å². The Morgan fingerprint density at radius 1 is 1.13 bits per heavy atom. The predicted molar refractivity (Wildman–Crippen MR) is 61.9 cm³/mol. The minimum atomic E-state index is -0.180. The van der Waals surface area contributed by atoms with E-state index in [4.69, 9.17) is 4.74 Å². The summed E-state index contributed by atoms with van der Waals surface area (Å²) in [7, 11) is 0. The second-order valence-electron chi connectivity index (χ2n) is 4.28. The van der Waals surface area contributed by atoms with Gasteiger partial charge in [0.1, 0.15) is 17.6 Å². The number of aldehydes is 1. The molecule has 1 aromatic carbocycles. The Balaban J connectivity index is 2.72. The molecule has 0 aromatic heterocycles. The minimum Gasteiger partial charge on any atom is -0.488 e. The molecule has 0 unspecified atom stereocenters. The van der Waals surface area contributed by atoms with Crippen LogP contribution in [-0.4, -0.2) is 11.9 Å². The summed E-state index contributed by atoms with van der Waals surface area (Å²) < 4.78 is 5.67. The van der Waals surface area contributed by atoms with Crippen LogP contribution in [-0.2, 0) is 4.79 Å². The van der Waals surface area contributed by atoms with Gasteiger partial charge in [-0.15, -0.1) is 0 Å². The second-order valence-corrected chi connectivity index (χ2v) is 4.28. The lowest BCUT2D eigenvalue weighted by Gasteiger charge is -2.21. The number of benzene rings is 1. The fraction of sp³-hybridized carbons (Fsp3) is 0.308. The van der Waals surface area contributed by atoms with E-state index < -0.39 is 0 Å². The molecular weight excluding hydrogens is 188 g/mol. The maximum Gasteiger partial charge on any atom is 0.142 e. The van der Waals surface area contributed by atoms with Crippen LogP contribution in [0.3, 0.4) is 0 Å². The zero-order valence-corrected chi connectivity index (χ0v) is 9.36. The van der Waals surface area contributed by atoms with Gasteiger partial charge in [-0.3, -0.25) is 4.79 Å². The Morgan fingerprint density at radius 3 is 2.20 bits per heavy atom. The van der Waals surface area contributed by atoms with Gasteiger partial charge < -0.3 is 4.74 Å². The van der Waals surface area contributed by atoms with Crippen molar-refractivity contribution in [2.24, 2.45) is 0 Å². The van der Waals surface area contributed by atoms with Crippen molar-refractivity contribution in [1.29, 1.82) is 0 Å². The van der Waals surface area contributed by atoms with Gasteiger partial charge in [0, 0.05) is 0 Å². The van der Waals surface area contributed by atoms with E-state index in [0.717, 1.165) is 17.6 Å². The van der Waals surface area contributed by atoms with Crippen molar-refractivity contribution in [1.82, 2.24) is 0 Å². The van der Waals surface area contributed by atoms with Gasteiger partial charge in [-0.25, -0.2) is 0 Å². The third-order valence-corrected chi connectivity index (χ3v) is 1.67. The average molecular weight is 204 g/mol. The number of hydrogen-bond donors (Lipinski definition) is 0. The quantitative estimate of drug-likeness (QED) is 0.558. The molecule has 1 rings (SSSR count). The molecule has 0 radical (unpaired) electrons. The van der Waals surface area contributed by atoms with Crippen LogP contribution in [0.4, 0.5) is 0 Å². The zero-order chi connectivity index (χ0) is 11.3. The lowest BCUT2D eigenvalue weighted by Crippen LogP contribution is -2.22. The third kappa shape index (κ3) is 4.45. The summed E-state index contributed by atoms with van der Waals surface area (Å²) in [4.78, 5) is 10.1. The molecule has 0 N–H and O–H groups in total. The van der Waals surface area contributed by atoms with Crippen molar-refractivity contribution in [3.63, 3.8) is 0 Å². The van der Waals surface area contributed by atoms with Gasteiger partial charge >= 0.3 is 0 Å². The molecule has 0 heterocycles. The molecule has 0 spiro atoms. The molecule has 2 nitrogen and oxygen atoms in total. The van der Waals surface area contributed by atoms with Crippen molar-refractivity contribution in [2.75, 3.05) is 0 Å². The molecule has 0 bridgehead atoms. The van der Waals surface area contributed by atoms with Gasteiger partial charge in [-0.05, 0) is 44.5 Å². The van der Waals surface area contributed by atoms with E-state index in [1.165, 1.54) is 6.08 Å². The first kappa shape index (κ1) is 11.5. The normalized spacial score (nSPS) is 11.7. The highest BCUT2D eigenvalue weighted by Crippen LogP contribution is 2.18. The standard InChI is InChI=1S/C13H16O2/c1-13(2,3)15-12-8-6-11(7-9-12)5-4-10-14/h4-10H,1-3H3. The van der Waals surface area contributed by atoms with Crippen molar-refractivity contribution in [3.05, 3.63) is 35.9 Å². The molecule has 15 heavy (non-hydrogen) atoms. The zero-order valence-electron chi connectivity index (χ0n) is 9.36. The van der Waals surface area contributed by atoms with E-state index in [2.05, 4.69) is 0 Å². The SMILES string of the molecule is CC(C)(C)Oc1ccc(C=CC=O)cc1. The Bertz CT molecular complexity index is 342. The second kappa shape index (κ2) is 4.78. The van der Waals surface area contributed by atoms with E-state index >= 15 is 0 Å². The molecule has 0 aliphatic heterocycles. The number of carbonyl (C=O) groups excluding carboxylic acids is 1. The molecule has 0 aliphatic carbocycles. The number of hydrogen-bond acceptors (Lipinski definition) is 2. The van der Waals surface area contributed by atoms with Crippen LogP contribution in [0.2, 0.25) is 0 Å². The van der Waals surface area contributed by atoms with Crippen LogP contribution in [0.5, 0.6) is 5.75 Å². The Morgan fingerprint density at radius 2 is 1.73 bits per heavy atom. The summed E-state index contributed by atoms with van der Waals surface area (Å²) in [6.07, 6.45) is 3.99. The van der Waals surface area contributed by atoms with Gasteiger partial charge in [0.25, 0.3) is 0 Å². The van der Waals surface area contributed by atoms with Crippen molar-refractivity contribution < 1.29 is 9.53 Å². The summed E-state index contributed by atoms with van der Waals surface area (Å²) in [5.74, 6) is 0.839. The summed E-state index contributed by atoms with van der Waals surface area (Å²) in [5.41, 5.74) is 0.809. The number of allylic oxidation sites excluding steroid dienone is 1. The van der Waals surface area contributed by atoms with Gasteiger partial charge in [-0.2, -0.15) is 0 Å². The van der Waals surface area contributed by atoms with E-state index in [-0.39, 0.29) is 5.60 Å². The van der Waals surface area contributed by atoms with Crippen LogP contribution in [0.1, 0.15) is 26.3 Å². The molecule has 0 saturated carbocycles. The molecule has 0 amide bonds. The fourth-order valence-electron chi connectivity index (χ4n) is 1.15. The summed E-state index contributed by atoms with van der Waals surface area (Å²) >= 11 is 0. The topological polar surface area (TPSA) is 26.3 Å². The van der Waals surface area contributed by atoms with Crippen LogP contribution >= 0.6 is 0 Å². The van der Waals surface area contributed by atoms with Crippen LogP contribution in [0.15, 0.2) is 30.3 Å². The largest absolute Gasteiger partial charge is 0.488 e. The maximum absolute atomic E-state index is 10.1. The van der Waals surface area contributed by atoms with Crippen molar-refractivity contribution >= 4 is 12.4 Å².